The lowest BCUT2D eigenvalue weighted by Gasteiger charge is -2.20. The van der Waals surface area contributed by atoms with E-state index in [9.17, 15) is 9.59 Å². The van der Waals surface area contributed by atoms with Crippen LogP contribution >= 0.6 is 21.6 Å². The summed E-state index contributed by atoms with van der Waals surface area (Å²) in [7, 11) is 3.13. The number of para-hydroxylation sites is 1. The zero-order chi connectivity index (χ0) is 15.2. The van der Waals surface area contributed by atoms with Crippen LogP contribution in [-0.2, 0) is 9.59 Å². The lowest BCUT2D eigenvalue weighted by molar-refractivity contribution is -0.124. The maximum atomic E-state index is 11.7. The van der Waals surface area contributed by atoms with Crippen molar-refractivity contribution in [2.45, 2.75) is 23.6 Å². The van der Waals surface area contributed by atoms with Crippen molar-refractivity contribution in [1.82, 2.24) is 0 Å². The van der Waals surface area contributed by atoms with E-state index in [0.717, 1.165) is 9.79 Å². The molecule has 2 aromatic rings. The zero-order valence-electron chi connectivity index (χ0n) is 11.8. The number of carbonyl (C=O) groups is 2. The number of imide groups is 1. The monoisotopic (exact) mass is 317 g/mol. The minimum atomic E-state index is -0.278. The summed E-state index contributed by atoms with van der Waals surface area (Å²) in [6.07, 6.45) is 0. The van der Waals surface area contributed by atoms with Crippen molar-refractivity contribution in [3.63, 3.8) is 0 Å². The number of amides is 2. The molecule has 0 aliphatic heterocycles. The Labute approximate surface area is 132 Å². The van der Waals surface area contributed by atoms with Crippen LogP contribution in [0.15, 0.2) is 64.4 Å². The van der Waals surface area contributed by atoms with Crippen LogP contribution in [-0.4, -0.2) is 11.8 Å². The predicted molar refractivity (Wildman–Crippen MR) is 88.4 cm³/mol. The van der Waals surface area contributed by atoms with Crippen molar-refractivity contribution >= 4 is 39.1 Å². The molecule has 5 heteroatoms. The number of hydrogen-bond donors (Lipinski definition) is 0. The molecule has 3 nitrogen and oxygen atoms in total. The number of nitrogens with zero attached hydrogens (tertiary/aromatic N) is 1. The van der Waals surface area contributed by atoms with Gasteiger partial charge in [-0.15, -0.1) is 0 Å². The second kappa shape index (κ2) is 7.33. The fourth-order valence-corrected chi connectivity index (χ4v) is 3.99. The highest BCUT2D eigenvalue weighted by atomic mass is 33.1. The second-order valence-corrected chi connectivity index (χ2v) is 6.57. The summed E-state index contributed by atoms with van der Waals surface area (Å²) < 4.78 is 0. The summed E-state index contributed by atoms with van der Waals surface area (Å²) in [5.41, 5.74) is 0.630. The van der Waals surface area contributed by atoms with Crippen LogP contribution in [0.25, 0.3) is 0 Å². The summed E-state index contributed by atoms with van der Waals surface area (Å²) >= 11 is 0. The van der Waals surface area contributed by atoms with Gasteiger partial charge in [-0.25, -0.2) is 4.90 Å². The summed E-state index contributed by atoms with van der Waals surface area (Å²) in [5, 5.41) is 0. The van der Waals surface area contributed by atoms with Gasteiger partial charge in [0.1, 0.15) is 0 Å². The molecule has 0 aromatic heterocycles. The first-order valence-corrected chi connectivity index (χ1v) is 8.54. The van der Waals surface area contributed by atoms with Crippen molar-refractivity contribution in [2.24, 2.45) is 0 Å². The summed E-state index contributed by atoms with van der Waals surface area (Å²) in [6, 6.07) is 17.4. The maximum absolute atomic E-state index is 11.7. The molecule has 0 radical (unpaired) electrons. The lowest BCUT2D eigenvalue weighted by atomic mass is 10.3. The van der Waals surface area contributed by atoms with E-state index in [1.807, 2.05) is 48.5 Å². The molecule has 2 amide bonds. The fourth-order valence-electron chi connectivity index (χ4n) is 1.84. The van der Waals surface area contributed by atoms with E-state index in [2.05, 4.69) is 0 Å². The molecular formula is C16H15NO2S2. The quantitative estimate of drug-likeness (QED) is 0.784. The minimum Gasteiger partial charge on any atom is -0.274 e. The van der Waals surface area contributed by atoms with Crippen LogP contribution in [0.1, 0.15) is 13.8 Å². The van der Waals surface area contributed by atoms with E-state index in [0.29, 0.717) is 5.69 Å². The van der Waals surface area contributed by atoms with Crippen LogP contribution in [0.5, 0.6) is 0 Å². The van der Waals surface area contributed by atoms with Gasteiger partial charge in [0.25, 0.3) is 0 Å². The van der Waals surface area contributed by atoms with Gasteiger partial charge in [0, 0.05) is 23.6 Å². The van der Waals surface area contributed by atoms with E-state index < -0.39 is 0 Å². The number of hydrogen-bond acceptors (Lipinski definition) is 4. The highest BCUT2D eigenvalue weighted by molar-refractivity contribution is 8.76. The SMILES string of the molecule is CC(=O)N(C(C)=O)c1ccccc1SSc1ccccc1. The van der Waals surface area contributed by atoms with Gasteiger partial charge in [0.05, 0.1) is 5.69 Å². The normalized spacial score (nSPS) is 10.2. The standard InChI is InChI=1S/C16H15NO2S2/c1-12(18)17(13(2)19)15-10-6-7-11-16(15)21-20-14-8-4-3-5-9-14/h3-11H,1-2H3. The third-order valence-corrected chi connectivity index (χ3v) is 5.15. The van der Waals surface area contributed by atoms with Crippen LogP contribution in [0.2, 0.25) is 0 Å². The van der Waals surface area contributed by atoms with Gasteiger partial charge >= 0.3 is 0 Å². The molecule has 0 saturated heterocycles. The van der Waals surface area contributed by atoms with Crippen LogP contribution in [0.4, 0.5) is 5.69 Å². The molecule has 0 heterocycles. The van der Waals surface area contributed by atoms with Gasteiger partial charge in [-0.05, 0) is 24.3 Å². The Hall–Kier alpha value is -1.72. The molecule has 0 fully saturated rings. The summed E-state index contributed by atoms with van der Waals surface area (Å²) in [4.78, 5) is 26.6. The Kier molecular flexibility index (Phi) is 5.47. The second-order valence-electron chi connectivity index (χ2n) is 4.32. The molecule has 2 rings (SSSR count). The molecule has 0 aliphatic rings. The first kappa shape index (κ1) is 15.7. The molecule has 108 valence electrons. The largest absolute Gasteiger partial charge is 0.274 e. The van der Waals surface area contributed by atoms with Crippen molar-refractivity contribution < 1.29 is 9.59 Å². The zero-order valence-corrected chi connectivity index (χ0v) is 13.4. The predicted octanol–water partition coefficient (Wildman–Crippen LogP) is 4.39. The van der Waals surface area contributed by atoms with E-state index >= 15 is 0 Å². The minimum absolute atomic E-state index is 0.278. The van der Waals surface area contributed by atoms with Gasteiger partial charge in [0.15, 0.2) is 0 Å². The lowest BCUT2D eigenvalue weighted by Crippen LogP contribution is -2.33. The third-order valence-electron chi connectivity index (χ3n) is 2.71. The van der Waals surface area contributed by atoms with Crippen molar-refractivity contribution in [1.29, 1.82) is 0 Å². The van der Waals surface area contributed by atoms with Gasteiger partial charge in [-0.2, -0.15) is 0 Å². The van der Waals surface area contributed by atoms with Crippen LogP contribution in [0.3, 0.4) is 0 Å². The van der Waals surface area contributed by atoms with E-state index in [1.54, 1.807) is 16.9 Å². The van der Waals surface area contributed by atoms with Gasteiger partial charge in [0.2, 0.25) is 11.8 Å². The first-order valence-electron chi connectivity index (χ1n) is 6.39. The van der Waals surface area contributed by atoms with Crippen LogP contribution < -0.4 is 4.90 Å². The molecule has 0 spiro atoms. The third kappa shape index (κ3) is 4.12. The molecule has 2 aromatic carbocycles. The van der Waals surface area contributed by atoms with Gasteiger partial charge in [-0.3, -0.25) is 9.59 Å². The Bertz CT molecular complexity index is 630. The molecule has 0 aliphatic carbocycles. The van der Waals surface area contributed by atoms with Crippen molar-refractivity contribution in [2.75, 3.05) is 4.90 Å². The molecule has 0 N–H and O–H groups in total. The Balaban J connectivity index is 2.24. The Morgan fingerprint density at radius 3 is 2.00 bits per heavy atom. The first-order chi connectivity index (χ1) is 10.1. The molecule has 0 atom stereocenters. The molecule has 21 heavy (non-hydrogen) atoms. The molecule has 0 bridgehead atoms. The number of carbonyl (C=O) groups excluding carboxylic acids is 2. The number of rotatable bonds is 4. The summed E-state index contributed by atoms with van der Waals surface area (Å²) in [5.74, 6) is -0.555. The average Bonchev–Trinajstić information content (AvgIpc) is 2.47. The summed E-state index contributed by atoms with van der Waals surface area (Å²) in [6.45, 7) is 2.79. The average molecular weight is 317 g/mol. The van der Waals surface area contributed by atoms with Gasteiger partial charge < -0.3 is 0 Å². The molecular weight excluding hydrogens is 302 g/mol. The maximum Gasteiger partial charge on any atom is 0.230 e. The fraction of sp³-hybridized carbons (Fsp3) is 0.125. The van der Waals surface area contributed by atoms with E-state index in [1.165, 1.54) is 29.5 Å². The smallest absolute Gasteiger partial charge is 0.230 e. The van der Waals surface area contributed by atoms with Crippen molar-refractivity contribution in [3.8, 4) is 0 Å². The Morgan fingerprint density at radius 1 is 0.810 bits per heavy atom. The van der Waals surface area contributed by atoms with Crippen LogP contribution in [0, 0.1) is 0 Å². The highest BCUT2D eigenvalue weighted by Gasteiger charge is 2.19. The number of benzene rings is 2. The van der Waals surface area contributed by atoms with Crippen molar-refractivity contribution in [3.05, 3.63) is 54.6 Å². The number of anilines is 1. The topological polar surface area (TPSA) is 37.4 Å². The van der Waals surface area contributed by atoms with Gasteiger partial charge in [-0.1, -0.05) is 51.9 Å². The highest BCUT2D eigenvalue weighted by Crippen LogP contribution is 2.41. The molecule has 0 unspecified atom stereocenters. The molecule has 0 saturated carbocycles. The Morgan fingerprint density at radius 2 is 1.38 bits per heavy atom. The van der Waals surface area contributed by atoms with E-state index in [4.69, 9.17) is 0 Å². The van der Waals surface area contributed by atoms with E-state index in [-0.39, 0.29) is 11.8 Å².